The van der Waals surface area contributed by atoms with Crippen LogP contribution in [0.15, 0.2) is 22.9 Å². The lowest BCUT2D eigenvalue weighted by atomic mass is 10.1. The Kier molecular flexibility index (Phi) is 2.74. The second-order valence-electron chi connectivity index (χ2n) is 4.68. The van der Waals surface area contributed by atoms with Crippen molar-refractivity contribution in [1.82, 2.24) is 15.1 Å². The van der Waals surface area contributed by atoms with E-state index in [1.807, 2.05) is 26.0 Å². The Labute approximate surface area is 106 Å². The van der Waals surface area contributed by atoms with E-state index in [0.29, 0.717) is 0 Å². The molecule has 0 aliphatic carbocycles. The van der Waals surface area contributed by atoms with Crippen molar-refractivity contribution in [3.05, 3.63) is 35.6 Å². The smallest absolute Gasteiger partial charge is 0.134 e. The minimum atomic E-state index is 0.275. The summed E-state index contributed by atoms with van der Waals surface area (Å²) in [6, 6.07) is 4.24. The summed E-state index contributed by atoms with van der Waals surface area (Å²) in [6.07, 6.45) is 4.05. The highest BCUT2D eigenvalue weighted by molar-refractivity contribution is 5.42. The van der Waals surface area contributed by atoms with Gasteiger partial charge < -0.3 is 9.42 Å². The Morgan fingerprint density at radius 2 is 2.28 bits per heavy atom. The fraction of sp³-hybridized carbons (Fsp3) is 0.462. The van der Waals surface area contributed by atoms with Crippen molar-refractivity contribution in [3.8, 4) is 0 Å². The quantitative estimate of drug-likeness (QED) is 0.812. The predicted octanol–water partition coefficient (Wildman–Crippen LogP) is 2.42. The van der Waals surface area contributed by atoms with Gasteiger partial charge in [-0.05, 0) is 32.8 Å². The summed E-state index contributed by atoms with van der Waals surface area (Å²) in [4.78, 5) is 10.9. The molecule has 1 aliphatic rings. The zero-order chi connectivity index (χ0) is 12.5. The van der Waals surface area contributed by atoms with Gasteiger partial charge in [-0.15, -0.1) is 0 Å². The summed E-state index contributed by atoms with van der Waals surface area (Å²) in [6.45, 7) is 4.84. The maximum Gasteiger partial charge on any atom is 0.134 e. The third-order valence-corrected chi connectivity index (χ3v) is 3.30. The summed E-state index contributed by atoms with van der Waals surface area (Å²) < 4.78 is 5.18. The van der Waals surface area contributed by atoms with Crippen molar-refractivity contribution in [2.75, 3.05) is 11.4 Å². The number of anilines is 1. The summed E-state index contributed by atoms with van der Waals surface area (Å²) in [7, 11) is 0. The van der Waals surface area contributed by atoms with E-state index < -0.39 is 0 Å². The van der Waals surface area contributed by atoms with E-state index in [1.54, 1.807) is 6.20 Å². The molecular formula is C13H16N4O. The fourth-order valence-electron chi connectivity index (χ4n) is 2.49. The Morgan fingerprint density at radius 1 is 1.39 bits per heavy atom. The third-order valence-electron chi connectivity index (χ3n) is 3.30. The monoisotopic (exact) mass is 244 g/mol. The molecule has 0 saturated carbocycles. The fourth-order valence-corrected chi connectivity index (χ4v) is 2.49. The first kappa shape index (κ1) is 11.2. The van der Waals surface area contributed by atoms with Crippen LogP contribution in [0.5, 0.6) is 0 Å². The van der Waals surface area contributed by atoms with Gasteiger partial charge in [0.2, 0.25) is 0 Å². The van der Waals surface area contributed by atoms with Crippen molar-refractivity contribution in [3.63, 3.8) is 0 Å². The van der Waals surface area contributed by atoms with E-state index in [4.69, 9.17) is 4.52 Å². The van der Waals surface area contributed by atoms with E-state index in [-0.39, 0.29) is 6.04 Å². The molecule has 0 amide bonds. The van der Waals surface area contributed by atoms with Crippen LogP contribution in [-0.2, 0) is 0 Å². The number of aryl methyl sites for hydroxylation is 2. The highest BCUT2D eigenvalue weighted by atomic mass is 16.5. The Hall–Kier alpha value is -1.91. The molecule has 0 bridgehead atoms. The normalized spacial score (nSPS) is 19.4. The maximum absolute atomic E-state index is 5.18. The highest BCUT2D eigenvalue weighted by Crippen LogP contribution is 2.34. The van der Waals surface area contributed by atoms with Crippen LogP contribution in [0, 0.1) is 13.8 Å². The molecule has 0 radical (unpaired) electrons. The predicted molar refractivity (Wildman–Crippen MR) is 67.3 cm³/mol. The average molecular weight is 244 g/mol. The number of nitrogens with zero attached hydrogens (tertiary/aromatic N) is 4. The van der Waals surface area contributed by atoms with Crippen molar-refractivity contribution in [2.24, 2.45) is 0 Å². The van der Waals surface area contributed by atoms with Crippen LogP contribution < -0.4 is 4.90 Å². The van der Waals surface area contributed by atoms with Gasteiger partial charge in [0.15, 0.2) is 0 Å². The van der Waals surface area contributed by atoms with E-state index in [0.717, 1.165) is 42.5 Å². The molecule has 5 nitrogen and oxygen atoms in total. The van der Waals surface area contributed by atoms with Crippen molar-refractivity contribution < 1.29 is 4.52 Å². The van der Waals surface area contributed by atoms with Crippen molar-refractivity contribution >= 4 is 5.82 Å². The number of aromatic nitrogens is 3. The molecule has 94 valence electrons. The van der Waals surface area contributed by atoms with Gasteiger partial charge in [0.1, 0.15) is 23.1 Å². The summed E-state index contributed by atoms with van der Waals surface area (Å²) >= 11 is 0. The molecule has 1 fully saturated rings. The summed E-state index contributed by atoms with van der Waals surface area (Å²) in [5.41, 5.74) is 1.00. The van der Waals surface area contributed by atoms with E-state index in [9.17, 15) is 0 Å². The average Bonchev–Trinajstić information content (AvgIpc) is 2.96. The number of hydrogen-bond donors (Lipinski definition) is 0. The molecule has 0 N–H and O–H groups in total. The first-order valence-corrected chi connectivity index (χ1v) is 6.23. The second-order valence-corrected chi connectivity index (χ2v) is 4.68. The number of hydrogen-bond acceptors (Lipinski definition) is 5. The van der Waals surface area contributed by atoms with Gasteiger partial charge in [0.05, 0.1) is 6.04 Å². The lowest BCUT2D eigenvalue weighted by molar-refractivity contribution is 0.385. The van der Waals surface area contributed by atoms with Gasteiger partial charge in [0, 0.05) is 18.8 Å². The van der Waals surface area contributed by atoms with Crippen LogP contribution in [0.4, 0.5) is 5.82 Å². The molecular weight excluding hydrogens is 228 g/mol. The van der Waals surface area contributed by atoms with Gasteiger partial charge in [0.25, 0.3) is 0 Å². The van der Waals surface area contributed by atoms with Gasteiger partial charge in [-0.2, -0.15) is 0 Å². The van der Waals surface area contributed by atoms with E-state index in [1.165, 1.54) is 0 Å². The number of rotatable bonds is 2. The van der Waals surface area contributed by atoms with Crippen molar-refractivity contribution in [1.29, 1.82) is 0 Å². The van der Waals surface area contributed by atoms with Gasteiger partial charge in [-0.3, -0.25) is 0 Å². The standard InChI is InChI=1S/C13H16N4O/c1-9-8-11(16-18-9)12-4-3-7-17(12)13-5-6-14-10(2)15-13/h5-6,8,12H,3-4,7H2,1-2H3. The highest BCUT2D eigenvalue weighted by Gasteiger charge is 2.29. The lowest BCUT2D eigenvalue weighted by Crippen LogP contribution is -2.24. The van der Waals surface area contributed by atoms with E-state index >= 15 is 0 Å². The molecule has 3 rings (SSSR count). The topological polar surface area (TPSA) is 55.1 Å². The van der Waals surface area contributed by atoms with Crippen LogP contribution in [0.1, 0.15) is 36.2 Å². The molecule has 0 spiro atoms. The van der Waals surface area contributed by atoms with Gasteiger partial charge in [-0.1, -0.05) is 5.16 Å². The molecule has 1 aliphatic heterocycles. The van der Waals surface area contributed by atoms with Crippen LogP contribution in [0.25, 0.3) is 0 Å². The summed E-state index contributed by atoms with van der Waals surface area (Å²) in [5.74, 6) is 2.64. The molecule has 18 heavy (non-hydrogen) atoms. The van der Waals surface area contributed by atoms with E-state index in [2.05, 4.69) is 20.0 Å². The molecule has 3 heterocycles. The minimum Gasteiger partial charge on any atom is -0.361 e. The zero-order valence-corrected chi connectivity index (χ0v) is 10.6. The van der Waals surface area contributed by atoms with Crippen LogP contribution >= 0.6 is 0 Å². The first-order valence-electron chi connectivity index (χ1n) is 6.23. The molecule has 0 aromatic carbocycles. The maximum atomic E-state index is 5.18. The largest absolute Gasteiger partial charge is 0.361 e. The molecule has 2 aromatic rings. The Balaban J connectivity index is 1.92. The third kappa shape index (κ3) is 1.96. The van der Waals surface area contributed by atoms with Crippen LogP contribution in [0.2, 0.25) is 0 Å². The molecule has 1 saturated heterocycles. The minimum absolute atomic E-state index is 0.275. The summed E-state index contributed by atoms with van der Waals surface area (Å²) in [5, 5.41) is 4.14. The second kappa shape index (κ2) is 4.40. The first-order chi connectivity index (χ1) is 8.74. The molecule has 1 atom stereocenters. The Morgan fingerprint density at radius 3 is 3.00 bits per heavy atom. The van der Waals surface area contributed by atoms with Crippen LogP contribution in [0.3, 0.4) is 0 Å². The Bertz CT molecular complexity index is 551. The van der Waals surface area contributed by atoms with Crippen molar-refractivity contribution in [2.45, 2.75) is 32.7 Å². The van der Waals surface area contributed by atoms with Crippen LogP contribution in [-0.4, -0.2) is 21.7 Å². The van der Waals surface area contributed by atoms with Gasteiger partial charge >= 0.3 is 0 Å². The van der Waals surface area contributed by atoms with Gasteiger partial charge in [-0.25, -0.2) is 9.97 Å². The lowest BCUT2D eigenvalue weighted by Gasteiger charge is -2.23. The SMILES string of the molecule is Cc1nccc(N2CCCC2c2cc(C)on2)n1. The zero-order valence-electron chi connectivity index (χ0n) is 10.6. The molecule has 5 heteroatoms. The molecule has 2 aromatic heterocycles. The molecule has 1 unspecified atom stereocenters.